The number of rotatable bonds is 4. The van der Waals surface area contributed by atoms with E-state index < -0.39 is 15.8 Å². The van der Waals surface area contributed by atoms with Gasteiger partial charge < -0.3 is 5.32 Å². The first-order chi connectivity index (χ1) is 8.49. The lowest BCUT2D eigenvalue weighted by atomic mass is 10.1. The highest BCUT2D eigenvalue weighted by Crippen LogP contribution is 2.19. The number of hydrogen-bond donors (Lipinski definition) is 2. The van der Waals surface area contributed by atoms with Gasteiger partial charge in [-0.2, -0.15) is 0 Å². The second-order valence-electron chi connectivity index (χ2n) is 4.29. The van der Waals surface area contributed by atoms with Crippen LogP contribution in [0.2, 0.25) is 0 Å². The Morgan fingerprint density at radius 2 is 2.28 bits per heavy atom. The van der Waals surface area contributed by atoms with Crippen molar-refractivity contribution in [3.63, 3.8) is 0 Å². The second kappa shape index (κ2) is 5.64. The van der Waals surface area contributed by atoms with E-state index in [2.05, 4.69) is 26.0 Å². The normalized spacial score (nSPS) is 20.2. The summed E-state index contributed by atoms with van der Waals surface area (Å²) in [5.74, 6) is -0.472. The first-order valence-corrected chi connectivity index (χ1v) is 7.92. The largest absolute Gasteiger partial charge is 0.316 e. The fourth-order valence-electron chi connectivity index (χ4n) is 1.89. The summed E-state index contributed by atoms with van der Waals surface area (Å²) >= 11 is 3.09. The topological polar surface area (TPSA) is 58.2 Å². The lowest BCUT2D eigenvalue weighted by Crippen LogP contribution is -2.30. The van der Waals surface area contributed by atoms with Crippen LogP contribution in [0.25, 0.3) is 0 Å². The molecule has 1 unspecified atom stereocenters. The summed E-state index contributed by atoms with van der Waals surface area (Å²) in [6, 6.07) is 3.91. The Morgan fingerprint density at radius 1 is 1.50 bits per heavy atom. The summed E-state index contributed by atoms with van der Waals surface area (Å²) in [5, 5.41) is 3.15. The van der Waals surface area contributed by atoms with Crippen molar-refractivity contribution in [1.29, 1.82) is 0 Å². The van der Waals surface area contributed by atoms with Crippen LogP contribution in [-0.2, 0) is 10.0 Å². The molecule has 2 rings (SSSR count). The van der Waals surface area contributed by atoms with Crippen molar-refractivity contribution >= 4 is 26.0 Å². The minimum atomic E-state index is -3.77. The molecule has 7 heteroatoms. The molecular weight excluding hydrogens is 323 g/mol. The summed E-state index contributed by atoms with van der Waals surface area (Å²) in [7, 11) is -3.77. The number of hydrogen-bond acceptors (Lipinski definition) is 3. The van der Waals surface area contributed by atoms with E-state index in [9.17, 15) is 12.8 Å². The lowest BCUT2D eigenvalue weighted by Gasteiger charge is -2.11. The van der Waals surface area contributed by atoms with Gasteiger partial charge >= 0.3 is 0 Å². The smallest absolute Gasteiger partial charge is 0.243 e. The quantitative estimate of drug-likeness (QED) is 0.875. The predicted molar refractivity (Wildman–Crippen MR) is 70.3 cm³/mol. The maximum absolute atomic E-state index is 13.6. The van der Waals surface area contributed by atoms with Crippen LogP contribution in [0.5, 0.6) is 0 Å². The Morgan fingerprint density at radius 3 is 2.89 bits per heavy atom. The third-order valence-corrected chi connectivity index (χ3v) is 4.86. The van der Waals surface area contributed by atoms with Crippen molar-refractivity contribution in [2.75, 3.05) is 19.6 Å². The molecule has 100 valence electrons. The first kappa shape index (κ1) is 13.9. The van der Waals surface area contributed by atoms with Crippen LogP contribution in [0.15, 0.2) is 27.6 Å². The van der Waals surface area contributed by atoms with Gasteiger partial charge in [0.15, 0.2) is 0 Å². The van der Waals surface area contributed by atoms with Crippen LogP contribution in [0.4, 0.5) is 4.39 Å². The van der Waals surface area contributed by atoms with Crippen molar-refractivity contribution < 1.29 is 12.8 Å². The molecule has 0 aliphatic carbocycles. The zero-order valence-electron chi connectivity index (χ0n) is 9.62. The van der Waals surface area contributed by atoms with Gasteiger partial charge in [0.05, 0.1) is 0 Å². The van der Waals surface area contributed by atoms with Crippen molar-refractivity contribution in [1.82, 2.24) is 10.0 Å². The van der Waals surface area contributed by atoms with Crippen LogP contribution in [0.3, 0.4) is 0 Å². The fourth-order valence-corrected chi connectivity index (χ4v) is 3.39. The van der Waals surface area contributed by atoms with Gasteiger partial charge in [0.2, 0.25) is 10.0 Å². The third kappa shape index (κ3) is 3.28. The predicted octanol–water partition coefficient (Wildman–Crippen LogP) is 1.48. The number of benzene rings is 1. The average Bonchev–Trinajstić information content (AvgIpc) is 2.78. The van der Waals surface area contributed by atoms with Gasteiger partial charge in [-0.1, -0.05) is 15.9 Å². The Kier molecular flexibility index (Phi) is 4.37. The summed E-state index contributed by atoms with van der Waals surface area (Å²) in [6.07, 6.45) is 0.936. The first-order valence-electron chi connectivity index (χ1n) is 5.64. The molecule has 2 N–H and O–H groups in total. The van der Waals surface area contributed by atoms with Crippen molar-refractivity contribution in [2.24, 2.45) is 5.92 Å². The molecule has 0 spiro atoms. The van der Waals surface area contributed by atoms with Crippen LogP contribution >= 0.6 is 15.9 Å². The van der Waals surface area contributed by atoms with Crippen LogP contribution in [-0.4, -0.2) is 28.1 Å². The molecule has 1 aliphatic heterocycles. The average molecular weight is 337 g/mol. The van der Waals surface area contributed by atoms with Gasteiger partial charge in [-0.25, -0.2) is 17.5 Å². The van der Waals surface area contributed by atoms with Crippen LogP contribution in [0.1, 0.15) is 6.42 Å². The zero-order valence-corrected chi connectivity index (χ0v) is 12.0. The van der Waals surface area contributed by atoms with Crippen LogP contribution in [0, 0.1) is 11.7 Å². The fraction of sp³-hybridized carbons (Fsp3) is 0.455. The van der Waals surface area contributed by atoms with E-state index in [1.165, 1.54) is 12.1 Å². The minimum absolute atomic E-state index is 0.276. The van der Waals surface area contributed by atoms with E-state index >= 15 is 0 Å². The number of halogens is 2. The Labute approximate surface area is 114 Å². The monoisotopic (exact) mass is 336 g/mol. The molecule has 0 aromatic heterocycles. The van der Waals surface area contributed by atoms with E-state index in [0.29, 0.717) is 11.0 Å². The van der Waals surface area contributed by atoms with Crippen molar-refractivity contribution in [3.05, 3.63) is 28.5 Å². The standard InChI is InChI=1S/C11H14BrFN2O2S/c12-9-1-2-11(10(13)5-9)18(16,17)15-7-8-3-4-14-6-8/h1-2,5,8,14-15H,3-4,6-7H2. The molecule has 0 saturated carbocycles. The Hall–Kier alpha value is -0.500. The lowest BCUT2D eigenvalue weighted by molar-refractivity contribution is 0.529. The highest BCUT2D eigenvalue weighted by atomic mass is 79.9. The molecule has 1 heterocycles. The maximum atomic E-state index is 13.6. The maximum Gasteiger partial charge on any atom is 0.243 e. The second-order valence-corrected chi connectivity index (χ2v) is 6.94. The van der Waals surface area contributed by atoms with Crippen LogP contribution < -0.4 is 10.0 Å². The van der Waals surface area contributed by atoms with E-state index in [-0.39, 0.29) is 10.8 Å². The summed E-state index contributed by atoms with van der Waals surface area (Å²) in [4.78, 5) is -0.309. The molecule has 0 radical (unpaired) electrons. The SMILES string of the molecule is O=S(=O)(NCC1CCNC1)c1ccc(Br)cc1F. The summed E-state index contributed by atoms with van der Waals surface area (Å²) in [6.45, 7) is 2.04. The molecule has 4 nitrogen and oxygen atoms in total. The highest BCUT2D eigenvalue weighted by Gasteiger charge is 2.22. The molecular formula is C11H14BrFN2O2S. The van der Waals surface area contributed by atoms with E-state index in [0.717, 1.165) is 25.6 Å². The molecule has 1 atom stereocenters. The van der Waals surface area contributed by atoms with Gasteiger partial charge in [0.25, 0.3) is 0 Å². The number of nitrogens with one attached hydrogen (secondary N) is 2. The molecule has 1 aliphatic rings. The Bertz CT molecular complexity index is 530. The van der Waals surface area contributed by atoms with E-state index in [4.69, 9.17) is 0 Å². The summed E-state index contributed by atoms with van der Waals surface area (Å²) < 4.78 is 40.4. The molecule has 18 heavy (non-hydrogen) atoms. The zero-order chi connectivity index (χ0) is 13.2. The molecule has 1 saturated heterocycles. The third-order valence-electron chi connectivity index (χ3n) is 2.91. The molecule has 1 aromatic rings. The molecule has 1 fully saturated rings. The molecule has 0 bridgehead atoms. The van der Waals surface area contributed by atoms with Gasteiger partial charge in [0.1, 0.15) is 10.7 Å². The Balaban J connectivity index is 2.09. The van der Waals surface area contributed by atoms with Gasteiger partial charge in [0, 0.05) is 11.0 Å². The van der Waals surface area contributed by atoms with Gasteiger partial charge in [-0.05, 0) is 43.6 Å². The van der Waals surface area contributed by atoms with Gasteiger partial charge in [-0.15, -0.1) is 0 Å². The highest BCUT2D eigenvalue weighted by molar-refractivity contribution is 9.10. The van der Waals surface area contributed by atoms with Crippen molar-refractivity contribution in [3.8, 4) is 0 Å². The van der Waals surface area contributed by atoms with E-state index in [1.54, 1.807) is 0 Å². The van der Waals surface area contributed by atoms with Gasteiger partial charge in [-0.3, -0.25) is 0 Å². The minimum Gasteiger partial charge on any atom is -0.316 e. The number of sulfonamides is 1. The molecule has 1 aromatic carbocycles. The van der Waals surface area contributed by atoms with Crippen molar-refractivity contribution in [2.45, 2.75) is 11.3 Å². The van der Waals surface area contributed by atoms with E-state index in [1.807, 2.05) is 0 Å². The summed E-state index contributed by atoms with van der Waals surface area (Å²) in [5.41, 5.74) is 0. The molecule has 0 amide bonds.